The summed E-state index contributed by atoms with van der Waals surface area (Å²) in [6, 6.07) is 7.09. The van der Waals surface area contributed by atoms with Gasteiger partial charge in [0.25, 0.3) is 0 Å². The Morgan fingerprint density at radius 1 is 1.41 bits per heavy atom. The first kappa shape index (κ1) is 16.6. The largest absolute Gasteiger partial charge is 0.491 e. The number of amides is 2. The number of hydrogen-bond donors (Lipinski definition) is 3. The van der Waals surface area contributed by atoms with Crippen LogP contribution in [0.1, 0.15) is 40.0 Å². The molecule has 1 aliphatic carbocycles. The van der Waals surface area contributed by atoms with Crippen LogP contribution in [0, 0.1) is 5.41 Å². The highest BCUT2D eigenvalue weighted by Crippen LogP contribution is 2.37. The summed E-state index contributed by atoms with van der Waals surface area (Å²) in [7, 11) is 0. The summed E-state index contributed by atoms with van der Waals surface area (Å²) in [6.45, 7) is 6.06. The van der Waals surface area contributed by atoms with Gasteiger partial charge < -0.3 is 20.5 Å². The van der Waals surface area contributed by atoms with Crippen molar-refractivity contribution in [2.24, 2.45) is 5.41 Å². The van der Waals surface area contributed by atoms with Crippen molar-refractivity contribution < 1.29 is 14.6 Å². The Labute approximate surface area is 132 Å². The van der Waals surface area contributed by atoms with Crippen molar-refractivity contribution in [3.05, 3.63) is 24.3 Å². The van der Waals surface area contributed by atoms with Crippen LogP contribution in [0.25, 0.3) is 0 Å². The second-order valence-electron chi connectivity index (χ2n) is 6.55. The van der Waals surface area contributed by atoms with Crippen LogP contribution in [-0.2, 0) is 0 Å². The fraction of sp³-hybridized carbons (Fsp3) is 0.588. The van der Waals surface area contributed by atoms with Gasteiger partial charge in [-0.15, -0.1) is 0 Å². The highest BCUT2D eigenvalue weighted by Gasteiger charge is 2.39. The third-order valence-electron chi connectivity index (χ3n) is 4.23. The number of anilines is 1. The van der Waals surface area contributed by atoms with Gasteiger partial charge in [0.15, 0.2) is 0 Å². The van der Waals surface area contributed by atoms with Crippen molar-refractivity contribution in [2.75, 3.05) is 11.9 Å². The first-order valence-corrected chi connectivity index (χ1v) is 7.88. The summed E-state index contributed by atoms with van der Waals surface area (Å²) >= 11 is 0. The average Bonchev–Trinajstić information content (AvgIpc) is 2.82. The van der Waals surface area contributed by atoms with Crippen molar-refractivity contribution in [2.45, 2.75) is 52.2 Å². The third-order valence-corrected chi connectivity index (χ3v) is 4.23. The lowest BCUT2D eigenvalue weighted by Gasteiger charge is -2.30. The zero-order valence-electron chi connectivity index (χ0n) is 13.6. The normalized spacial score (nSPS) is 24.3. The molecule has 0 spiro atoms. The number of aliphatic hydroxyl groups is 1. The van der Waals surface area contributed by atoms with Crippen LogP contribution in [0.4, 0.5) is 10.5 Å². The minimum atomic E-state index is -0.232. The third kappa shape index (κ3) is 4.13. The molecule has 122 valence electrons. The molecule has 22 heavy (non-hydrogen) atoms. The van der Waals surface area contributed by atoms with Gasteiger partial charge in [-0.05, 0) is 51.0 Å². The quantitative estimate of drug-likeness (QED) is 0.782. The summed E-state index contributed by atoms with van der Waals surface area (Å²) in [5.74, 6) is 0.782. The molecule has 1 aromatic carbocycles. The number of nitrogens with one attached hydrogen (secondary N) is 2. The Morgan fingerprint density at radius 2 is 2.09 bits per heavy atom. The molecule has 0 saturated heterocycles. The maximum Gasteiger partial charge on any atom is 0.319 e. The Balaban J connectivity index is 1.89. The lowest BCUT2D eigenvalue weighted by molar-refractivity contribution is 0.122. The van der Waals surface area contributed by atoms with E-state index in [2.05, 4.69) is 10.6 Å². The van der Waals surface area contributed by atoms with Gasteiger partial charge in [0.1, 0.15) is 5.75 Å². The minimum absolute atomic E-state index is 0.0149. The van der Waals surface area contributed by atoms with Crippen LogP contribution in [0.15, 0.2) is 24.3 Å². The summed E-state index contributed by atoms with van der Waals surface area (Å²) in [5.41, 5.74) is 0.504. The van der Waals surface area contributed by atoms with E-state index in [-0.39, 0.29) is 30.2 Å². The molecular formula is C17H26N2O3. The van der Waals surface area contributed by atoms with Gasteiger partial charge in [0, 0.05) is 17.1 Å². The van der Waals surface area contributed by atoms with Crippen molar-refractivity contribution in [1.29, 1.82) is 0 Å². The second kappa shape index (κ2) is 7.01. The number of ether oxygens (including phenoxy) is 1. The number of aliphatic hydroxyl groups excluding tert-OH is 1. The van der Waals surface area contributed by atoms with E-state index in [4.69, 9.17) is 4.74 Å². The molecule has 3 N–H and O–H groups in total. The number of carbonyl (C=O) groups is 1. The second-order valence-corrected chi connectivity index (χ2v) is 6.55. The van der Waals surface area contributed by atoms with Gasteiger partial charge in [-0.1, -0.05) is 13.3 Å². The molecule has 5 nitrogen and oxygen atoms in total. The molecule has 0 aromatic heterocycles. The molecule has 2 atom stereocenters. The topological polar surface area (TPSA) is 70.6 Å². The molecule has 0 heterocycles. The van der Waals surface area contributed by atoms with Crippen molar-refractivity contribution in [3.8, 4) is 5.75 Å². The van der Waals surface area contributed by atoms with E-state index in [9.17, 15) is 9.90 Å². The molecule has 1 aromatic rings. The predicted molar refractivity (Wildman–Crippen MR) is 87.2 cm³/mol. The summed E-state index contributed by atoms with van der Waals surface area (Å²) < 4.78 is 5.57. The fourth-order valence-corrected chi connectivity index (χ4v) is 2.88. The van der Waals surface area contributed by atoms with E-state index in [0.717, 1.165) is 30.7 Å². The molecule has 0 radical (unpaired) electrons. The van der Waals surface area contributed by atoms with Crippen LogP contribution in [0.3, 0.4) is 0 Å². The predicted octanol–water partition coefficient (Wildman–Crippen LogP) is 3.15. The van der Waals surface area contributed by atoms with E-state index in [0.29, 0.717) is 0 Å². The van der Waals surface area contributed by atoms with Crippen molar-refractivity contribution >= 4 is 11.7 Å². The first-order valence-electron chi connectivity index (χ1n) is 7.88. The minimum Gasteiger partial charge on any atom is -0.491 e. The van der Waals surface area contributed by atoms with Gasteiger partial charge >= 0.3 is 6.03 Å². The van der Waals surface area contributed by atoms with E-state index in [1.807, 2.05) is 45.0 Å². The molecule has 2 rings (SSSR count). The number of benzene rings is 1. The summed E-state index contributed by atoms with van der Waals surface area (Å²) in [5, 5.41) is 15.3. The smallest absolute Gasteiger partial charge is 0.319 e. The zero-order valence-corrected chi connectivity index (χ0v) is 13.6. The Bertz CT molecular complexity index is 501. The first-order chi connectivity index (χ1) is 10.4. The van der Waals surface area contributed by atoms with E-state index < -0.39 is 0 Å². The van der Waals surface area contributed by atoms with E-state index >= 15 is 0 Å². The molecule has 1 aliphatic rings. The zero-order chi connectivity index (χ0) is 16.2. The SMILES string of the molecule is CC(C)Oc1ccc(NC(=O)NC2CCCC2(C)CO)cc1. The standard InChI is InChI=1S/C17H26N2O3/c1-12(2)22-14-8-6-13(7-9-14)18-16(21)19-15-5-4-10-17(15,3)11-20/h6-9,12,15,20H,4-5,10-11H2,1-3H3,(H2,18,19,21). The van der Waals surface area contributed by atoms with Gasteiger partial charge in [0.05, 0.1) is 12.7 Å². The van der Waals surface area contributed by atoms with Gasteiger partial charge in [-0.3, -0.25) is 0 Å². The lowest BCUT2D eigenvalue weighted by Crippen LogP contribution is -2.46. The number of rotatable bonds is 5. The van der Waals surface area contributed by atoms with Crippen molar-refractivity contribution in [1.82, 2.24) is 5.32 Å². The number of hydrogen-bond acceptors (Lipinski definition) is 3. The highest BCUT2D eigenvalue weighted by molar-refractivity contribution is 5.89. The van der Waals surface area contributed by atoms with Crippen LogP contribution < -0.4 is 15.4 Å². The summed E-state index contributed by atoms with van der Waals surface area (Å²) in [4.78, 5) is 12.1. The van der Waals surface area contributed by atoms with Crippen LogP contribution in [-0.4, -0.2) is 29.9 Å². The van der Waals surface area contributed by atoms with Crippen LogP contribution in [0.5, 0.6) is 5.75 Å². The van der Waals surface area contributed by atoms with Crippen LogP contribution in [0.2, 0.25) is 0 Å². The number of carbonyl (C=O) groups excluding carboxylic acids is 1. The van der Waals surface area contributed by atoms with Gasteiger partial charge in [0.2, 0.25) is 0 Å². The molecule has 1 saturated carbocycles. The maximum absolute atomic E-state index is 12.1. The van der Waals surface area contributed by atoms with Crippen LogP contribution >= 0.6 is 0 Å². The molecule has 2 unspecified atom stereocenters. The van der Waals surface area contributed by atoms with E-state index in [1.165, 1.54) is 0 Å². The molecule has 2 amide bonds. The Hall–Kier alpha value is -1.75. The molecule has 5 heteroatoms. The fourth-order valence-electron chi connectivity index (χ4n) is 2.88. The average molecular weight is 306 g/mol. The van der Waals surface area contributed by atoms with Gasteiger partial charge in [-0.25, -0.2) is 4.79 Å². The maximum atomic E-state index is 12.1. The van der Waals surface area contributed by atoms with E-state index in [1.54, 1.807) is 0 Å². The monoisotopic (exact) mass is 306 g/mol. The Morgan fingerprint density at radius 3 is 2.68 bits per heavy atom. The molecule has 0 bridgehead atoms. The lowest BCUT2D eigenvalue weighted by atomic mass is 9.86. The molecule has 1 fully saturated rings. The van der Waals surface area contributed by atoms with Crippen molar-refractivity contribution in [3.63, 3.8) is 0 Å². The number of urea groups is 1. The van der Waals surface area contributed by atoms with Gasteiger partial charge in [-0.2, -0.15) is 0 Å². The molecule has 0 aliphatic heterocycles. The molecular weight excluding hydrogens is 280 g/mol. The highest BCUT2D eigenvalue weighted by atomic mass is 16.5. The summed E-state index contributed by atoms with van der Waals surface area (Å²) in [6.07, 6.45) is 3.01. The Kier molecular flexibility index (Phi) is 5.29.